The van der Waals surface area contributed by atoms with Gasteiger partial charge in [0.05, 0.1) is 0 Å². The zero-order valence-corrected chi connectivity index (χ0v) is 16.3. The summed E-state index contributed by atoms with van der Waals surface area (Å²) in [5, 5.41) is 11.2. The summed E-state index contributed by atoms with van der Waals surface area (Å²) < 4.78 is 5.67. The normalized spacial score (nSPS) is 42.1. The van der Waals surface area contributed by atoms with Gasteiger partial charge in [-0.3, -0.25) is 4.79 Å². The molecule has 3 aliphatic rings. The van der Waals surface area contributed by atoms with Gasteiger partial charge in [-0.05, 0) is 68.8 Å². The highest BCUT2D eigenvalue weighted by molar-refractivity contribution is 5.66. The summed E-state index contributed by atoms with van der Waals surface area (Å²) in [5.41, 5.74) is 3.68. The molecule has 1 saturated carbocycles. The summed E-state index contributed by atoms with van der Waals surface area (Å²) in [7, 11) is 0. The number of carbonyl (C=O) groups excluding carboxylic acids is 1. The Bertz CT molecular complexity index is 590. The molecule has 140 valence electrons. The minimum absolute atomic E-state index is 0.221. The first-order chi connectivity index (χ1) is 11.8. The van der Waals surface area contributed by atoms with Gasteiger partial charge < -0.3 is 9.84 Å². The Labute approximate surface area is 152 Å². The van der Waals surface area contributed by atoms with Crippen molar-refractivity contribution in [2.24, 2.45) is 23.2 Å². The lowest BCUT2D eigenvalue weighted by molar-refractivity contribution is -0.158. The Morgan fingerprint density at radius 3 is 2.68 bits per heavy atom. The van der Waals surface area contributed by atoms with Crippen LogP contribution in [0, 0.1) is 23.2 Å². The van der Waals surface area contributed by atoms with Gasteiger partial charge in [-0.15, -0.1) is 0 Å². The minimum Gasteiger partial charge on any atom is -0.455 e. The van der Waals surface area contributed by atoms with E-state index in [2.05, 4.69) is 27.4 Å². The van der Waals surface area contributed by atoms with E-state index in [1.807, 2.05) is 0 Å². The van der Waals surface area contributed by atoms with Gasteiger partial charge in [0.2, 0.25) is 0 Å². The maximum atomic E-state index is 11.7. The second-order valence-corrected chi connectivity index (χ2v) is 9.01. The standard InChI is InChI=1S/C22H34O3/c1-13-7-6-8-14(2)17-11-12-22(5)19(17)15(3)18(10-9-13)20(21(22)24)25-16(4)23/h13,17,19-21,24H,2,6-12H2,1,3-5H3. The Morgan fingerprint density at radius 1 is 1.28 bits per heavy atom. The van der Waals surface area contributed by atoms with Crippen LogP contribution in [0.15, 0.2) is 23.3 Å². The van der Waals surface area contributed by atoms with E-state index in [1.54, 1.807) is 0 Å². The third-order valence-electron chi connectivity index (χ3n) is 7.30. The van der Waals surface area contributed by atoms with Crippen molar-refractivity contribution in [3.8, 4) is 0 Å². The molecule has 6 unspecified atom stereocenters. The van der Waals surface area contributed by atoms with Gasteiger partial charge in [-0.25, -0.2) is 0 Å². The van der Waals surface area contributed by atoms with E-state index in [9.17, 15) is 9.90 Å². The summed E-state index contributed by atoms with van der Waals surface area (Å²) in [6.45, 7) is 12.6. The van der Waals surface area contributed by atoms with E-state index < -0.39 is 12.2 Å². The van der Waals surface area contributed by atoms with Crippen molar-refractivity contribution in [2.75, 3.05) is 0 Å². The van der Waals surface area contributed by atoms with Crippen molar-refractivity contribution in [1.29, 1.82) is 0 Å². The molecule has 1 N–H and O–H groups in total. The van der Waals surface area contributed by atoms with Crippen molar-refractivity contribution in [2.45, 2.75) is 84.8 Å². The molecule has 0 aromatic carbocycles. The molecule has 0 radical (unpaired) electrons. The second-order valence-electron chi connectivity index (χ2n) is 9.01. The number of aliphatic hydroxyl groups is 1. The Kier molecular flexibility index (Phi) is 5.16. The summed E-state index contributed by atoms with van der Waals surface area (Å²) in [5.74, 6) is 1.15. The number of hydrogen-bond acceptors (Lipinski definition) is 3. The summed E-state index contributed by atoms with van der Waals surface area (Å²) in [6.07, 6.45) is 6.53. The quantitative estimate of drug-likeness (QED) is 0.548. The third kappa shape index (κ3) is 3.20. The lowest BCUT2D eigenvalue weighted by Crippen LogP contribution is -2.51. The highest BCUT2D eigenvalue weighted by Crippen LogP contribution is 2.59. The molecule has 6 atom stereocenters. The molecular weight excluding hydrogens is 312 g/mol. The highest BCUT2D eigenvalue weighted by atomic mass is 16.6. The molecule has 0 heterocycles. The van der Waals surface area contributed by atoms with E-state index >= 15 is 0 Å². The zero-order chi connectivity index (χ0) is 18.4. The van der Waals surface area contributed by atoms with E-state index in [0.29, 0.717) is 17.8 Å². The molecule has 0 spiro atoms. The molecule has 0 amide bonds. The molecule has 3 nitrogen and oxygen atoms in total. The number of allylic oxidation sites excluding steroid dienone is 2. The Morgan fingerprint density at radius 2 is 2.00 bits per heavy atom. The van der Waals surface area contributed by atoms with Gasteiger partial charge in [-0.1, -0.05) is 38.0 Å². The monoisotopic (exact) mass is 346 g/mol. The number of rotatable bonds is 1. The fourth-order valence-electron chi connectivity index (χ4n) is 5.84. The van der Waals surface area contributed by atoms with Gasteiger partial charge in [-0.2, -0.15) is 0 Å². The van der Waals surface area contributed by atoms with Crippen LogP contribution in [0.1, 0.15) is 72.6 Å². The van der Waals surface area contributed by atoms with Gasteiger partial charge in [0.15, 0.2) is 0 Å². The van der Waals surface area contributed by atoms with Crippen LogP contribution >= 0.6 is 0 Å². The predicted octanol–water partition coefficient (Wildman–Crippen LogP) is 4.80. The zero-order valence-electron chi connectivity index (χ0n) is 16.3. The van der Waals surface area contributed by atoms with Gasteiger partial charge >= 0.3 is 5.97 Å². The molecule has 0 aliphatic heterocycles. The maximum Gasteiger partial charge on any atom is 0.303 e. The minimum atomic E-state index is -0.617. The topological polar surface area (TPSA) is 46.5 Å². The lowest BCUT2D eigenvalue weighted by Gasteiger charge is -2.48. The fourth-order valence-corrected chi connectivity index (χ4v) is 5.84. The SMILES string of the molecule is C=C1CCCC(C)CCC2=C(C)C3C1CCC3(C)C(O)C2OC(C)=O. The molecule has 0 aromatic heterocycles. The van der Waals surface area contributed by atoms with Crippen molar-refractivity contribution in [3.05, 3.63) is 23.3 Å². The number of aliphatic hydroxyl groups excluding tert-OH is 1. The van der Waals surface area contributed by atoms with Crippen molar-refractivity contribution >= 4 is 5.97 Å². The summed E-state index contributed by atoms with van der Waals surface area (Å²) in [4.78, 5) is 11.7. The molecule has 0 aromatic rings. The number of ether oxygens (including phenoxy) is 1. The number of esters is 1. The highest BCUT2D eigenvalue weighted by Gasteiger charge is 2.57. The number of hydrogen-bond donors (Lipinski definition) is 1. The predicted molar refractivity (Wildman–Crippen MR) is 100.0 cm³/mol. The molecule has 3 rings (SSSR count). The molecule has 2 bridgehead atoms. The van der Waals surface area contributed by atoms with Crippen LogP contribution in [-0.2, 0) is 9.53 Å². The van der Waals surface area contributed by atoms with Crippen molar-refractivity contribution in [3.63, 3.8) is 0 Å². The average Bonchev–Trinajstić information content (AvgIpc) is 2.89. The molecular formula is C22H34O3. The van der Waals surface area contributed by atoms with E-state index in [1.165, 1.54) is 36.5 Å². The van der Waals surface area contributed by atoms with Crippen LogP contribution in [0.2, 0.25) is 0 Å². The first-order valence-corrected chi connectivity index (χ1v) is 9.98. The smallest absolute Gasteiger partial charge is 0.303 e. The lowest BCUT2D eigenvalue weighted by atomic mass is 9.61. The first-order valence-electron chi connectivity index (χ1n) is 9.98. The second kappa shape index (κ2) is 6.90. The van der Waals surface area contributed by atoms with Crippen LogP contribution in [0.4, 0.5) is 0 Å². The van der Waals surface area contributed by atoms with Gasteiger partial charge in [0.25, 0.3) is 0 Å². The first kappa shape index (κ1) is 18.7. The third-order valence-corrected chi connectivity index (χ3v) is 7.30. The molecule has 3 aliphatic carbocycles. The van der Waals surface area contributed by atoms with Crippen molar-refractivity contribution in [1.82, 2.24) is 0 Å². The van der Waals surface area contributed by atoms with Crippen LogP contribution in [-0.4, -0.2) is 23.3 Å². The number of carbonyl (C=O) groups is 1. The summed E-state index contributed by atoms with van der Waals surface area (Å²) in [6, 6.07) is 0. The maximum absolute atomic E-state index is 11.7. The molecule has 1 fully saturated rings. The van der Waals surface area contributed by atoms with Gasteiger partial charge in [0, 0.05) is 12.3 Å². The molecule has 25 heavy (non-hydrogen) atoms. The fraction of sp³-hybridized carbons (Fsp3) is 0.773. The molecule has 0 saturated heterocycles. The van der Waals surface area contributed by atoms with E-state index in [4.69, 9.17) is 4.74 Å². The Hall–Kier alpha value is -1.09. The van der Waals surface area contributed by atoms with Gasteiger partial charge in [0.1, 0.15) is 12.2 Å². The van der Waals surface area contributed by atoms with Crippen LogP contribution in [0.25, 0.3) is 0 Å². The van der Waals surface area contributed by atoms with Crippen LogP contribution < -0.4 is 0 Å². The Balaban J connectivity index is 2.07. The average molecular weight is 347 g/mol. The molecule has 3 heteroatoms. The van der Waals surface area contributed by atoms with Crippen LogP contribution in [0.5, 0.6) is 0 Å². The van der Waals surface area contributed by atoms with Crippen molar-refractivity contribution < 1.29 is 14.6 Å². The largest absolute Gasteiger partial charge is 0.455 e. The van der Waals surface area contributed by atoms with E-state index in [-0.39, 0.29) is 11.4 Å². The summed E-state index contributed by atoms with van der Waals surface area (Å²) >= 11 is 0. The van der Waals surface area contributed by atoms with Crippen LogP contribution in [0.3, 0.4) is 0 Å². The van der Waals surface area contributed by atoms with E-state index in [0.717, 1.165) is 32.1 Å².